The molecule has 2 rings (SSSR count). The molecule has 0 spiro atoms. The standard InChI is InChI=1S/C16H24N4O2/c1-11-4-6-19(7-5-11)9-14(21)10-20-16(22)15(8-17)12(2)13(3)18-20/h11,14,18,21H,3-7,9-10H2,1-2H3. The Morgan fingerprint density at radius 1 is 1.45 bits per heavy atom. The zero-order valence-corrected chi connectivity index (χ0v) is 13.3. The first-order valence-electron chi connectivity index (χ1n) is 7.71. The molecule has 0 aromatic heterocycles. The van der Waals surface area contributed by atoms with Crippen LogP contribution in [-0.2, 0) is 4.79 Å². The third-order valence-corrected chi connectivity index (χ3v) is 4.41. The molecule has 2 heterocycles. The zero-order chi connectivity index (χ0) is 16.3. The molecule has 0 aromatic carbocycles. The molecule has 1 unspecified atom stereocenters. The van der Waals surface area contributed by atoms with Gasteiger partial charge in [-0.3, -0.25) is 10.2 Å². The number of aliphatic hydroxyl groups is 1. The van der Waals surface area contributed by atoms with Crippen molar-refractivity contribution in [2.45, 2.75) is 32.8 Å². The number of hydrogen-bond donors (Lipinski definition) is 2. The van der Waals surface area contributed by atoms with Gasteiger partial charge in [-0.15, -0.1) is 0 Å². The van der Waals surface area contributed by atoms with Gasteiger partial charge in [0.05, 0.1) is 18.3 Å². The largest absolute Gasteiger partial charge is 0.390 e. The quantitative estimate of drug-likeness (QED) is 0.802. The van der Waals surface area contributed by atoms with Gasteiger partial charge in [0.25, 0.3) is 5.91 Å². The highest BCUT2D eigenvalue weighted by Crippen LogP contribution is 2.19. The van der Waals surface area contributed by atoms with E-state index in [2.05, 4.69) is 23.8 Å². The summed E-state index contributed by atoms with van der Waals surface area (Å²) in [6.45, 7) is 10.4. The van der Waals surface area contributed by atoms with Crippen molar-refractivity contribution < 1.29 is 9.90 Å². The first kappa shape index (κ1) is 16.5. The summed E-state index contributed by atoms with van der Waals surface area (Å²) in [6.07, 6.45) is 1.63. The van der Waals surface area contributed by atoms with Crippen LogP contribution in [0.15, 0.2) is 23.4 Å². The van der Waals surface area contributed by atoms with E-state index in [0.29, 0.717) is 17.8 Å². The van der Waals surface area contributed by atoms with E-state index in [9.17, 15) is 9.90 Å². The van der Waals surface area contributed by atoms with Crippen LogP contribution in [0.2, 0.25) is 0 Å². The van der Waals surface area contributed by atoms with Crippen molar-refractivity contribution in [2.75, 3.05) is 26.2 Å². The predicted molar refractivity (Wildman–Crippen MR) is 83.1 cm³/mol. The fourth-order valence-electron chi connectivity index (χ4n) is 2.82. The summed E-state index contributed by atoms with van der Waals surface area (Å²) in [6, 6.07) is 1.92. The Morgan fingerprint density at radius 3 is 2.68 bits per heavy atom. The number of nitrogens with zero attached hydrogens (tertiary/aromatic N) is 3. The van der Waals surface area contributed by atoms with Crippen molar-refractivity contribution in [1.29, 1.82) is 5.26 Å². The average Bonchev–Trinajstić information content (AvgIpc) is 2.48. The summed E-state index contributed by atoms with van der Waals surface area (Å²) in [4.78, 5) is 14.4. The number of hydrazine groups is 1. The maximum Gasteiger partial charge on any atom is 0.283 e. The van der Waals surface area contributed by atoms with Gasteiger partial charge in [0.15, 0.2) is 0 Å². The number of carbonyl (C=O) groups is 1. The van der Waals surface area contributed by atoms with E-state index in [1.54, 1.807) is 6.92 Å². The smallest absolute Gasteiger partial charge is 0.283 e. The Kier molecular flexibility index (Phi) is 5.22. The van der Waals surface area contributed by atoms with Crippen LogP contribution in [0.3, 0.4) is 0 Å². The molecule has 0 aromatic rings. The molecule has 6 heteroatoms. The lowest BCUT2D eigenvalue weighted by molar-refractivity contribution is -0.131. The van der Waals surface area contributed by atoms with Gasteiger partial charge in [-0.05, 0) is 44.3 Å². The van der Waals surface area contributed by atoms with Crippen LogP contribution in [0.5, 0.6) is 0 Å². The molecule has 1 atom stereocenters. The number of rotatable bonds is 4. The molecular formula is C16H24N4O2. The fraction of sp³-hybridized carbons (Fsp3) is 0.625. The van der Waals surface area contributed by atoms with Gasteiger partial charge in [0, 0.05) is 6.54 Å². The number of aliphatic hydroxyl groups excluding tert-OH is 1. The minimum atomic E-state index is -0.656. The van der Waals surface area contributed by atoms with Crippen molar-refractivity contribution in [2.24, 2.45) is 5.92 Å². The number of piperidine rings is 1. The number of nitrogens with one attached hydrogen (secondary N) is 1. The second-order valence-corrected chi connectivity index (χ2v) is 6.25. The van der Waals surface area contributed by atoms with Gasteiger partial charge >= 0.3 is 0 Å². The maximum absolute atomic E-state index is 12.2. The minimum absolute atomic E-state index is 0.0859. The van der Waals surface area contributed by atoms with Crippen molar-refractivity contribution in [3.63, 3.8) is 0 Å². The Hall–Kier alpha value is -1.84. The molecule has 2 N–H and O–H groups in total. The summed E-state index contributed by atoms with van der Waals surface area (Å²) >= 11 is 0. The molecule has 1 amide bonds. The molecule has 0 bridgehead atoms. The van der Waals surface area contributed by atoms with E-state index < -0.39 is 12.0 Å². The zero-order valence-electron chi connectivity index (χ0n) is 13.3. The van der Waals surface area contributed by atoms with Crippen LogP contribution in [0, 0.1) is 17.2 Å². The van der Waals surface area contributed by atoms with Crippen LogP contribution in [0.4, 0.5) is 0 Å². The first-order chi connectivity index (χ1) is 10.4. The van der Waals surface area contributed by atoms with Gasteiger partial charge in [-0.2, -0.15) is 5.26 Å². The number of nitriles is 1. The molecule has 6 nitrogen and oxygen atoms in total. The third-order valence-electron chi connectivity index (χ3n) is 4.41. The Bertz CT molecular complexity index is 527. The van der Waals surface area contributed by atoms with E-state index in [1.807, 2.05) is 6.07 Å². The van der Waals surface area contributed by atoms with E-state index in [4.69, 9.17) is 5.26 Å². The number of hydrogen-bond acceptors (Lipinski definition) is 5. The molecule has 1 saturated heterocycles. The second kappa shape index (κ2) is 6.95. The van der Waals surface area contributed by atoms with Crippen LogP contribution < -0.4 is 5.43 Å². The van der Waals surface area contributed by atoms with Crippen molar-refractivity contribution in [3.8, 4) is 6.07 Å². The van der Waals surface area contributed by atoms with Crippen LogP contribution in [0.1, 0.15) is 26.7 Å². The van der Waals surface area contributed by atoms with Crippen LogP contribution >= 0.6 is 0 Å². The summed E-state index contributed by atoms with van der Waals surface area (Å²) in [7, 11) is 0. The van der Waals surface area contributed by atoms with Gasteiger partial charge in [0.2, 0.25) is 0 Å². The summed E-state index contributed by atoms with van der Waals surface area (Å²) in [5.41, 5.74) is 4.02. The highest BCUT2D eigenvalue weighted by Gasteiger charge is 2.29. The molecule has 0 radical (unpaired) electrons. The molecule has 2 aliphatic heterocycles. The monoisotopic (exact) mass is 304 g/mol. The molecule has 1 fully saturated rings. The minimum Gasteiger partial charge on any atom is -0.390 e. The Labute approximate surface area is 131 Å². The molecule has 120 valence electrons. The van der Waals surface area contributed by atoms with Crippen molar-refractivity contribution >= 4 is 5.91 Å². The highest BCUT2D eigenvalue weighted by atomic mass is 16.3. The normalized spacial score (nSPS) is 22.5. The first-order valence-corrected chi connectivity index (χ1v) is 7.71. The lowest BCUT2D eigenvalue weighted by atomic mass is 9.99. The Morgan fingerprint density at radius 2 is 2.09 bits per heavy atom. The summed E-state index contributed by atoms with van der Waals surface area (Å²) in [5.74, 6) is 0.340. The van der Waals surface area contributed by atoms with Crippen LogP contribution in [-0.4, -0.2) is 53.2 Å². The van der Waals surface area contributed by atoms with E-state index in [1.165, 1.54) is 5.01 Å². The van der Waals surface area contributed by atoms with Crippen molar-refractivity contribution in [3.05, 3.63) is 23.4 Å². The second-order valence-electron chi connectivity index (χ2n) is 6.25. The highest BCUT2D eigenvalue weighted by molar-refractivity contribution is 5.99. The van der Waals surface area contributed by atoms with E-state index in [0.717, 1.165) is 31.8 Å². The Balaban J connectivity index is 1.92. The number of β-amino-alcohol motifs (C(OH)–C–C–N with tert-alkyl or cyclic N) is 1. The van der Waals surface area contributed by atoms with Gasteiger partial charge in [0.1, 0.15) is 11.6 Å². The summed E-state index contributed by atoms with van der Waals surface area (Å²) < 4.78 is 0. The maximum atomic E-state index is 12.2. The SMILES string of the molecule is C=C1NN(CC(O)CN2CCC(C)CC2)C(=O)C(C#N)=C1C. The molecule has 22 heavy (non-hydrogen) atoms. The molecule has 0 saturated carbocycles. The molecular weight excluding hydrogens is 280 g/mol. The molecule has 2 aliphatic rings. The summed E-state index contributed by atoms with van der Waals surface area (Å²) in [5, 5.41) is 20.6. The van der Waals surface area contributed by atoms with Gasteiger partial charge in [-0.25, -0.2) is 5.01 Å². The lowest BCUT2D eigenvalue weighted by Crippen LogP contribution is -2.52. The van der Waals surface area contributed by atoms with Crippen molar-refractivity contribution in [1.82, 2.24) is 15.3 Å². The lowest BCUT2D eigenvalue weighted by Gasteiger charge is -2.35. The predicted octanol–water partition coefficient (Wildman–Crippen LogP) is 0.780. The third kappa shape index (κ3) is 3.67. The number of carbonyl (C=O) groups excluding carboxylic acids is 1. The van der Waals surface area contributed by atoms with Gasteiger partial charge < -0.3 is 10.0 Å². The number of allylic oxidation sites excluding steroid dienone is 1. The van der Waals surface area contributed by atoms with Gasteiger partial charge in [-0.1, -0.05) is 13.5 Å². The average molecular weight is 304 g/mol. The van der Waals surface area contributed by atoms with Crippen LogP contribution in [0.25, 0.3) is 0 Å². The number of amides is 1. The van der Waals surface area contributed by atoms with E-state index in [-0.39, 0.29) is 12.1 Å². The fourth-order valence-corrected chi connectivity index (χ4v) is 2.82. The van der Waals surface area contributed by atoms with E-state index >= 15 is 0 Å². The number of likely N-dealkylation sites (tertiary alicyclic amines) is 1. The molecule has 0 aliphatic carbocycles. The topological polar surface area (TPSA) is 79.6 Å².